The topological polar surface area (TPSA) is 38.0 Å². The van der Waals surface area contributed by atoms with Crippen molar-refractivity contribution in [2.45, 2.75) is 45.3 Å². The Labute approximate surface area is 82.0 Å². The van der Waals surface area contributed by atoms with E-state index in [-0.39, 0.29) is 23.8 Å². The Bertz CT molecular complexity index is 201. The van der Waals surface area contributed by atoms with E-state index in [1.54, 1.807) is 0 Å². The molecular formula is C9H17F3N2. The molecule has 0 aromatic carbocycles. The van der Waals surface area contributed by atoms with E-state index < -0.39 is 12.6 Å². The number of nitrogens with two attached hydrogens (primary N) is 1. The number of hydrazine groups is 1. The zero-order valence-electron chi connectivity index (χ0n) is 8.49. The van der Waals surface area contributed by atoms with Gasteiger partial charge in [-0.15, -0.1) is 0 Å². The first-order chi connectivity index (χ1) is 6.26. The maximum atomic E-state index is 12.0. The summed E-state index contributed by atoms with van der Waals surface area (Å²) >= 11 is 0. The Hall–Kier alpha value is -0.290. The Morgan fingerprint density at radius 3 is 2.29 bits per heavy atom. The molecule has 0 aliphatic heterocycles. The van der Waals surface area contributed by atoms with Gasteiger partial charge in [-0.3, -0.25) is 11.3 Å². The van der Waals surface area contributed by atoms with Gasteiger partial charge in [0.25, 0.3) is 0 Å². The molecule has 2 atom stereocenters. The van der Waals surface area contributed by atoms with E-state index in [9.17, 15) is 13.2 Å². The molecule has 2 unspecified atom stereocenters. The number of nitrogens with one attached hydrogen (secondary N) is 1. The first-order valence-corrected chi connectivity index (χ1v) is 4.79. The summed E-state index contributed by atoms with van der Waals surface area (Å²) in [5.74, 6) is 5.53. The van der Waals surface area contributed by atoms with E-state index in [1.807, 2.05) is 0 Å². The molecule has 3 N–H and O–H groups in total. The minimum Gasteiger partial charge on any atom is -0.271 e. The Balaban J connectivity index is 2.34. The van der Waals surface area contributed by atoms with E-state index in [4.69, 9.17) is 5.84 Å². The highest BCUT2D eigenvalue weighted by Gasteiger charge is 2.50. The number of rotatable bonds is 4. The number of hydrogen-bond donors (Lipinski definition) is 2. The van der Waals surface area contributed by atoms with Crippen LogP contribution in [0.4, 0.5) is 13.2 Å². The minimum absolute atomic E-state index is 0.0775. The number of hydrogen-bond acceptors (Lipinski definition) is 2. The molecule has 0 spiro atoms. The summed E-state index contributed by atoms with van der Waals surface area (Å²) in [5.41, 5.74) is 2.65. The molecule has 1 aliphatic rings. The molecule has 0 bridgehead atoms. The van der Waals surface area contributed by atoms with Crippen LogP contribution in [-0.2, 0) is 0 Å². The van der Waals surface area contributed by atoms with Gasteiger partial charge in [-0.25, -0.2) is 0 Å². The van der Waals surface area contributed by atoms with Crippen LogP contribution < -0.4 is 11.3 Å². The van der Waals surface area contributed by atoms with E-state index in [1.165, 1.54) is 0 Å². The molecular weight excluding hydrogens is 193 g/mol. The van der Waals surface area contributed by atoms with Gasteiger partial charge >= 0.3 is 6.18 Å². The van der Waals surface area contributed by atoms with E-state index in [0.717, 1.165) is 6.42 Å². The van der Waals surface area contributed by atoms with Crippen molar-refractivity contribution in [3.05, 3.63) is 0 Å². The fraction of sp³-hybridized carbons (Fsp3) is 1.00. The van der Waals surface area contributed by atoms with Crippen molar-refractivity contribution in [3.8, 4) is 0 Å². The van der Waals surface area contributed by atoms with Gasteiger partial charge in [0, 0.05) is 12.5 Å². The van der Waals surface area contributed by atoms with Crippen LogP contribution in [-0.4, -0.2) is 12.2 Å². The largest absolute Gasteiger partial charge is 0.389 e. The van der Waals surface area contributed by atoms with Crippen molar-refractivity contribution >= 4 is 0 Å². The smallest absolute Gasteiger partial charge is 0.271 e. The third kappa shape index (κ3) is 3.13. The molecule has 1 saturated carbocycles. The van der Waals surface area contributed by atoms with Crippen molar-refractivity contribution in [1.82, 2.24) is 5.43 Å². The van der Waals surface area contributed by atoms with Gasteiger partial charge in [-0.2, -0.15) is 13.2 Å². The van der Waals surface area contributed by atoms with Crippen molar-refractivity contribution in [2.24, 2.45) is 17.2 Å². The standard InChI is InChI=1S/C9H17F3N2/c1-8(2)5-6(8)7(14-13)3-4-9(10,11)12/h6-7,14H,3-5,13H2,1-2H3. The molecule has 0 aromatic heterocycles. The van der Waals surface area contributed by atoms with Crippen LogP contribution in [0, 0.1) is 11.3 Å². The molecule has 14 heavy (non-hydrogen) atoms. The van der Waals surface area contributed by atoms with Gasteiger partial charge in [-0.05, 0) is 24.2 Å². The molecule has 0 amide bonds. The van der Waals surface area contributed by atoms with Crippen molar-refractivity contribution < 1.29 is 13.2 Å². The van der Waals surface area contributed by atoms with Crippen molar-refractivity contribution in [2.75, 3.05) is 0 Å². The van der Waals surface area contributed by atoms with Crippen LogP contribution in [0.15, 0.2) is 0 Å². The molecule has 1 fully saturated rings. The van der Waals surface area contributed by atoms with E-state index in [2.05, 4.69) is 19.3 Å². The van der Waals surface area contributed by atoms with Crippen molar-refractivity contribution in [3.63, 3.8) is 0 Å². The van der Waals surface area contributed by atoms with Gasteiger partial charge in [-0.1, -0.05) is 13.8 Å². The van der Waals surface area contributed by atoms with Gasteiger partial charge in [0.1, 0.15) is 0 Å². The minimum atomic E-state index is -4.08. The molecule has 0 radical (unpaired) electrons. The average molecular weight is 210 g/mol. The summed E-state index contributed by atoms with van der Waals surface area (Å²) in [4.78, 5) is 0. The fourth-order valence-corrected chi connectivity index (χ4v) is 1.91. The molecule has 84 valence electrons. The number of alkyl halides is 3. The predicted molar refractivity (Wildman–Crippen MR) is 48.3 cm³/mol. The lowest BCUT2D eigenvalue weighted by atomic mass is 10.0. The first kappa shape index (κ1) is 11.8. The highest BCUT2D eigenvalue weighted by molar-refractivity contribution is 5.01. The summed E-state index contributed by atoms with van der Waals surface area (Å²) in [6.07, 6.45) is -3.80. The van der Waals surface area contributed by atoms with Gasteiger partial charge < -0.3 is 0 Å². The van der Waals surface area contributed by atoms with Crippen LogP contribution in [0.3, 0.4) is 0 Å². The van der Waals surface area contributed by atoms with Gasteiger partial charge in [0.2, 0.25) is 0 Å². The normalized spacial score (nSPS) is 27.4. The summed E-state index contributed by atoms with van der Waals surface area (Å²) in [5, 5.41) is 0. The quantitative estimate of drug-likeness (QED) is 0.551. The molecule has 1 aliphatic carbocycles. The fourth-order valence-electron chi connectivity index (χ4n) is 1.91. The third-order valence-electron chi connectivity index (χ3n) is 3.03. The third-order valence-corrected chi connectivity index (χ3v) is 3.03. The molecule has 1 rings (SSSR count). The second kappa shape index (κ2) is 3.70. The zero-order chi connectivity index (χ0) is 11.0. The first-order valence-electron chi connectivity index (χ1n) is 4.79. The van der Waals surface area contributed by atoms with E-state index >= 15 is 0 Å². The maximum absolute atomic E-state index is 12.0. The number of halogens is 3. The summed E-state index contributed by atoms with van der Waals surface area (Å²) in [6.45, 7) is 4.10. The zero-order valence-corrected chi connectivity index (χ0v) is 8.49. The van der Waals surface area contributed by atoms with Gasteiger partial charge in [0.15, 0.2) is 0 Å². The van der Waals surface area contributed by atoms with Crippen LogP contribution in [0.2, 0.25) is 0 Å². The van der Waals surface area contributed by atoms with Crippen LogP contribution in [0.1, 0.15) is 33.1 Å². The second-order valence-electron chi connectivity index (χ2n) is 4.73. The average Bonchev–Trinajstić information content (AvgIpc) is 2.59. The molecule has 5 heteroatoms. The Kier molecular flexibility index (Phi) is 3.11. The van der Waals surface area contributed by atoms with Gasteiger partial charge in [0.05, 0.1) is 0 Å². The molecule has 0 heterocycles. The van der Waals surface area contributed by atoms with E-state index in [0.29, 0.717) is 0 Å². The lowest BCUT2D eigenvalue weighted by molar-refractivity contribution is -0.137. The Morgan fingerprint density at radius 2 is 2.00 bits per heavy atom. The van der Waals surface area contributed by atoms with Crippen molar-refractivity contribution in [1.29, 1.82) is 0 Å². The SMILES string of the molecule is CC1(C)CC1C(CCC(F)(F)F)NN. The summed E-state index contributed by atoms with van der Waals surface area (Å²) in [6, 6.07) is -0.202. The van der Waals surface area contributed by atoms with Crippen LogP contribution in [0.25, 0.3) is 0 Å². The second-order valence-corrected chi connectivity index (χ2v) is 4.73. The summed E-state index contributed by atoms with van der Waals surface area (Å²) < 4.78 is 35.9. The lowest BCUT2D eigenvalue weighted by Crippen LogP contribution is -2.38. The van der Waals surface area contributed by atoms with Crippen LogP contribution >= 0.6 is 0 Å². The van der Waals surface area contributed by atoms with Crippen LogP contribution in [0.5, 0.6) is 0 Å². The monoisotopic (exact) mass is 210 g/mol. The molecule has 2 nitrogen and oxygen atoms in total. The molecule has 0 saturated heterocycles. The highest BCUT2D eigenvalue weighted by Crippen LogP contribution is 2.54. The maximum Gasteiger partial charge on any atom is 0.389 e. The predicted octanol–water partition coefficient (Wildman–Crippen LogP) is 2.21. The Morgan fingerprint density at radius 1 is 1.50 bits per heavy atom. The lowest BCUT2D eigenvalue weighted by Gasteiger charge is -2.18. The highest BCUT2D eigenvalue weighted by atomic mass is 19.4. The molecule has 0 aromatic rings. The summed E-state index contributed by atoms with van der Waals surface area (Å²) in [7, 11) is 0.